The number of carbonyl (C=O) groups excluding carboxylic acids is 1. The minimum Gasteiger partial charge on any atom is -0.364 e. The molecule has 2 bridgehead atoms. The van der Waals surface area contributed by atoms with E-state index in [2.05, 4.69) is 4.90 Å². The van der Waals surface area contributed by atoms with Gasteiger partial charge in [0, 0.05) is 42.2 Å². The van der Waals surface area contributed by atoms with E-state index < -0.39 is 0 Å². The Balaban J connectivity index is 2.02. The first-order valence-corrected chi connectivity index (χ1v) is 7.53. The molecule has 1 aromatic rings. The molecule has 2 unspecified atom stereocenters. The van der Waals surface area contributed by atoms with Gasteiger partial charge >= 0.3 is 0 Å². The molecular formula is C16H20N2O3. The SMILES string of the molecule is Cc1cc([N+](=O)[O-])c(C)cc1N1C2CCCC1CC(=O)C2. The fourth-order valence-electron chi connectivity index (χ4n) is 3.83. The van der Waals surface area contributed by atoms with Crippen LogP contribution in [-0.2, 0) is 4.79 Å². The molecule has 5 nitrogen and oxygen atoms in total. The predicted molar refractivity (Wildman–Crippen MR) is 80.7 cm³/mol. The molecule has 0 saturated carbocycles. The van der Waals surface area contributed by atoms with Crippen LogP contribution in [0.5, 0.6) is 0 Å². The molecule has 2 heterocycles. The van der Waals surface area contributed by atoms with Gasteiger partial charge in [-0.05, 0) is 44.7 Å². The first-order chi connectivity index (χ1) is 9.97. The van der Waals surface area contributed by atoms with Crippen molar-refractivity contribution >= 4 is 17.2 Å². The number of anilines is 1. The van der Waals surface area contributed by atoms with Crippen LogP contribution in [0.1, 0.15) is 43.2 Å². The second-order valence-electron chi connectivity index (χ2n) is 6.28. The lowest BCUT2D eigenvalue weighted by Crippen LogP contribution is -2.52. The predicted octanol–water partition coefficient (Wildman–Crippen LogP) is 3.30. The van der Waals surface area contributed by atoms with E-state index in [0.29, 0.717) is 24.2 Å². The van der Waals surface area contributed by atoms with Crippen LogP contribution >= 0.6 is 0 Å². The van der Waals surface area contributed by atoms with E-state index in [1.807, 2.05) is 13.0 Å². The number of hydrogen-bond acceptors (Lipinski definition) is 4. The van der Waals surface area contributed by atoms with E-state index in [1.54, 1.807) is 13.0 Å². The lowest BCUT2D eigenvalue weighted by Gasteiger charge is -2.47. The first-order valence-electron chi connectivity index (χ1n) is 7.53. The maximum absolute atomic E-state index is 11.8. The first kappa shape index (κ1) is 14.0. The van der Waals surface area contributed by atoms with Gasteiger partial charge in [-0.15, -0.1) is 0 Å². The zero-order valence-electron chi connectivity index (χ0n) is 12.5. The Kier molecular flexibility index (Phi) is 3.43. The lowest BCUT2D eigenvalue weighted by molar-refractivity contribution is -0.385. The third kappa shape index (κ3) is 2.41. The number of carbonyl (C=O) groups is 1. The average molecular weight is 288 g/mol. The number of piperidine rings is 2. The summed E-state index contributed by atoms with van der Waals surface area (Å²) in [4.78, 5) is 24.9. The molecule has 3 rings (SSSR count). The number of Topliss-reactive ketones (excluding diaryl/α,β-unsaturated/α-hetero) is 1. The highest BCUT2D eigenvalue weighted by molar-refractivity contribution is 5.83. The Morgan fingerprint density at radius 1 is 1.14 bits per heavy atom. The highest BCUT2D eigenvalue weighted by Gasteiger charge is 2.38. The molecule has 0 aromatic heterocycles. The summed E-state index contributed by atoms with van der Waals surface area (Å²) in [6.07, 6.45) is 4.48. The zero-order chi connectivity index (χ0) is 15.1. The van der Waals surface area contributed by atoms with Crippen LogP contribution in [0.15, 0.2) is 12.1 Å². The molecule has 2 aliphatic rings. The third-order valence-electron chi connectivity index (χ3n) is 4.78. The summed E-state index contributed by atoms with van der Waals surface area (Å²) in [6.45, 7) is 3.71. The van der Waals surface area contributed by atoms with Crippen molar-refractivity contribution < 1.29 is 9.72 Å². The van der Waals surface area contributed by atoms with Gasteiger partial charge in [-0.3, -0.25) is 14.9 Å². The van der Waals surface area contributed by atoms with Crippen LogP contribution < -0.4 is 4.90 Å². The molecule has 21 heavy (non-hydrogen) atoms. The largest absolute Gasteiger partial charge is 0.364 e. The highest BCUT2D eigenvalue weighted by atomic mass is 16.6. The van der Waals surface area contributed by atoms with Crippen molar-refractivity contribution in [2.24, 2.45) is 0 Å². The number of nitrogens with zero attached hydrogens (tertiary/aromatic N) is 2. The monoisotopic (exact) mass is 288 g/mol. The molecule has 1 aromatic carbocycles. The number of aryl methyl sites for hydroxylation is 2. The molecule has 0 radical (unpaired) electrons. The van der Waals surface area contributed by atoms with Crippen molar-refractivity contribution in [1.29, 1.82) is 0 Å². The summed E-state index contributed by atoms with van der Waals surface area (Å²) >= 11 is 0. The second kappa shape index (κ2) is 5.13. The van der Waals surface area contributed by atoms with Crippen LogP contribution in [0.3, 0.4) is 0 Å². The van der Waals surface area contributed by atoms with Gasteiger partial charge in [-0.1, -0.05) is 0 Å². The molecule has 0 N–H and O–H groups in total. The Morgan fingerprint density at radius 3 is 2.33 bits per heavy atom. The van der Waals surface area contributed by atoms with Crippen molar-refractivity contribution in [1.82, 2.24) is 0 Å². The molecule has 2 saturated heterocycles. The average Bonchev–Trinajstić information content (AvgIpc) is 2.40. The van der Waals surface area contributed by atoms with Gasteiger partial charge < -0.3 is 4.90 Å². The number of rotatable bonds is 2. The van der Waals surface area contributed by atoms with E-state index in [9.17, 15) is 14.9 Å². The van der Waals surface area contributed by atoms with Crippen molar-refractivity contribution in [3.8, 4) is 0 Å². The Labute approximate surface area is 124 Å². The van der Waals surface area contributed by atoms with Crippen LogP contribution in [0, 0.1) is 24.0 Å². The van der Waals surface area contributed by atoms with E-state index >= 15 is 0 Å². The van der Waals surface area contributed by atoms with Crippen LogP contribution in [0.4, 0.5) is 11.4 Å². The van der Waals surface area contributed by atoms with Crippen LogP contribution in [0.25, 0.3) is 0 Å². The van der Waals surface area contributed by atoms with Crippen molar-refractivity contribution in [2.75, 3.05) is 4.90 Å². The fourth-order valence-corrected chi connectivity index (χ4v) is 3.83. The van der Waals surface area contributed by atoms with Gasteiger partial charge in [0.1, 0.15) is 5.78 Å². The second-order valence-corrected chi connectivity index (χ2v) is 6.28. The molecular weight excluding hydrogens is 268 g/mol. The van der Waals surface area contributed by atoms with Gasteiger partial charge in [0.15, 0.2) is 0 Å². The van der Waals surface area contributed by atoms with E-state index in [-0.39, 0.29) is 22.7 Å². The quantitative estimate of drug-likeness (QED) is 0.618. The Hall–Kier alpha value is -1.91. The molecule has 0 amide bonds. The van der Waals surface area contributed by atoms with Crippen molar-refractivity contribution in [3.63, 3.8) is 0 Å². The normalized spacial score (nSPS) is 25.0. The minimum absolute atomic E-state index is 0.175. The van der Waals surface area contributed by atoms with Crippen molar-refractivity contribution in [3.05, 3.63) is 33.4 Å². The minimum atomic E-state index is -0.327. The zero-order valence-corrected chi connectivity index (χ0v) is 12.5. The Morgan fingerprint density at radius 2 is 1.76 bits per heavy atom. The third-order valence-corrected chi connectivity index (χ3v) is 4.78. The van der Waals surface area contributed by atoms with E-state index in [1.165, 1.54) is 6.42 Å². The maximum atomic E-state index is 11.8. The molecule has 2 fully saturated rings. The Bertz CT molecular complexity index is 596. The standard InChI is InChI=1S/C16H20N2O3/c1-10-7-16(18(20)21)11(2)6-15(10)17-12-4-3-5-13(17)9-14(19)8-12/h6-7,12-13H,3-5,8-9H2,1-2H3. The topological polar surface area (TPSA) is 63.5 Å². The van der Waals surface area contributed by atoms with Crippen LogP contribution in [-0.4, -0.2) is 22.8 Å². The number of nitro groups is 1. The number of benzene rings is 1. The summed E-state index contributed by atoms with van der Waals surface area (Å²) in [5, 5.41) is 11.0. The summed E-state index contributed by atoms with van der Waals surface area (Å²) in [5.74, 6) is 0.359. The van der Waals surface area contributed by atoms with Crippen LogP contribution in [0.2, 0.25) is 0 Å². The van der Waals surface area contributed by atoms with Crippen molar-refractivity contribution in [2.45, 2.75) is 58.0 Å². The van der Waals surface area contributed by atoms with Gasteiger partial charge in [-0.25, -0.2) is 0 Å². The van der Waals surface area contributed by atoms with E-state index in [4.69, 9.17) is 0 Å². The number of nitro benzene ring substituents is 1. The molecule has 2 atom stereocenters. The molecule has 112 valence electrons. The highest BCUT2D eigenvalue weighted by Crippen LogP contribution is 2.39. The van der Waals surface area contributed by atoms with Gasteiger partial charge in [0.05, 0.1) is 4.92 Å². The van der Waals surface area contributed by atoms with Gasteiger partial charge in [0.2, 0.25) is 0 Å². The number of fused-ring (bicyclic) bond motifs is 2. The summed E-state index contributed by atoms with van der Waals surface area (Å²) in [5.41, 5.74) is 2.86. The summed E-state index contributed by atoms with van der Waals surface area (Å²) in [6, 6.07) is 4.12. The van der Waals surface area contributed by atoms with Gasteiger partial charge in [0.25, 0.3) is 5.69 Å². The number of hydrogen-bond donors (Lipinski definition) is 0. The summed E-state index contributed by atoms with van der Waals surface area (Å²) in [7, 11) is 0. The van der Waals surface area contributed by atoms with E-state index in [0.717, 1.165) is 24.1 Å². The lowest BCUT2D eigenvalue weighted by atomic mass is 9.83. The molecule has 5 heteroatoms. The maximum Gasteiger partial charge on any atom is 0.272 e. The smallest absolute Gasteiger partial charge is 0.272 e. The molecule has 0 aliphatic carbocycles. The number of ketones is 1. The fraction of sp³-hybridized carbons (Fsp3) is 0.562. The summed E-state index contributed by atoms with van der Waals surface area (Å²) < 4.78 is 0. The molecule has 2 aliphatic heterocycles. The molecule has 0 spiro atoms. The van der Waals surface area contributed by atoms with Gasteiger partial charge in [-0.2, -0.15) is 0 Å².